The van der Waals surface area contributed by atoms with Crippen LogP contribution in [0.4, 0.5) is 5.00 Å². The second kappa shape index (κ2) is 8.55. The van der Waals surface area contributed by atoms with Crippen molar-refractivity contribution in [3.63, 3.8) is 0 Å². The molecule has 0 spiro atoms. The smallest absolute Gasteiger partial charge is 0.341 e. The quantitative estimate of drug-likeness (QED) is 0.514. The minimum atomic E-state index is -0.447. The Bertz CT molecular complexity index is 1120. The predicted octanol–water partition coefficient (Wildman–Crippen LogP) is 5.57. The minimum Gasteiger partial charge on any atom is -0.497 e. The van der Waals surface area contributed by atoms with Gasteiger partial charge in [0.05, 0.1) is 14.2 Å². The van der Waals surface area contributed by atoms with Crippen LogP contribution in [0.15, 0.2) is 48.5 Å². The number of rotatable bonds is 6. The third-order valence-corrected chi connectivity index (χ3v) is 6.74. The molecule has 1 heterocycles. The summed E-state index contributed by atoms with van der Waals surface area (Å²) in [6, 6.07) is 15.8. The normalized spacial score (nSPS) is 17.2. The van der Waals surface area contributed by atoms with Gasteiger partial charge in [-0.3, -0.25) is 4.79 Å². The number of carbonyl (C=O) groups is 2. The number of carbonyl (C=O) groups excluding carboxylic acids is 2. The molecule has 1 amide bonds. The van der Waals surface area contributed by atoms with E-state index in [9.17, 15) is 9.59 Å². The number of amides is 1. The number of benzene rings is 2. The molecule has 1 aromatic heterocycles. The van der Waals surface area contributed by atoms with E-state index in [4.69, 9.17) is 9.47 Å². The molecule has 1 saturated carbocycles. The summed E-state index contributed by atoms with van der Waals surface area (Å²) in [6.07, 6.45) is 0.793. The van der Waals surface area contributed by atoms with Gasteiger partial charge in [-0.05, 0) is 49.4 Å². The van der Waals surface area contributed by atoms with E-state index in [0.717, 1.165) is 39.3 Å². The number of hydrogen-bond donors (Lipinski definition) is 1. The molecule has 2 atom stereocenters. The lowest BCUT2D eigenvalue weighted by molar-refractivity contribution is -0.117. The largest absolute Gasteiger partial charge is 0.497 e. The van der Waals surface area contributed by atoms with Crippen LogP contribution in [0.25, 0.3) is 11.1 Å². The first-order chi connectivity index (χ1) is 14.9. The number of aryl methyl sites for hydroxylation is 2. The van der Waals surface area contributed by atoms with Crippen molar-refractivity contribution in [2.24, 2.45) is 5.92 Å². The highest BCUT2D eigenvalue weighted by Crippen LogP contribution is 2.49. The molecular formula is C25H25NO4S. The van der Waals surface area contributed by atoms with Gasteiger partial charge >= 0.3 is 5.97 Å². The summed E-state index contributed by atoms with van der Waals surface area (Å²) in [7, 11) is 3.00. The maximum absolute atomic E-state index is 13.0. The summed E-state index contributed by atoms with van der Waals surface area (Å²) in [6.45, 7) is 3.98. The van der Waals surface area contributed by atoms with Gasteiger partial charge < -0.3 is 14.8 Å². The number of nitrogens with one attached hydrogen (secondary N) is 1. The Hall–Kier alpha value is -3.12. The molecule has 0 radical (unpaired) electrons. The fraction of sp³-hybridized carbons (Fsp3) is 0.280. The topological polar surface area (TPSA) is 64.6 Å². The van der Waals surface area contributed by atoms with Gasteiger partial charge in [0.25, 0.3) is 0 Å². The average molecular weight is 436 g/mol. The maximum Gasteiger partial charge on any atom is 0.341 e. The number of methoxy groups -OCH3 is 2. The molecule has 1 N–H and O–H groups in total. The number of ether oxygens (including phenoxy) is 2. The standard InChI is InChI=1S/C25H25NO4S/c1-14-5-7-17(8-6-14)21-15(2)31-24(22(21)25(28)30-4)26-23(27)20-13-19(20)16-9-11-18(29-3)12-10-16/h5-12,19-20H,13H2,1-4H3,(H,26,27). The summed E-state index contributed by atoms with van der Waals surface area (Å²) < 4.78 is 10.3. The highest BCUT2D eigenvalue weighted by Gasteiger charge is 2.44. The molecule has 2 unspecified atom stereocenters. The van der Waals surface area contributed by atoms with Crippen molar-refractivity contribution >= 4 is 28.2 Å². The molecule has 1 aliphatic carbocycles. The monoisotopic (exact) mass is 435 g/mol. The van der Waals surface area contributed by atoms with Gasteiger partial charge in [0.1, 0.15) is 16.3 Å². The van der Waals surface area contributed by atoms with Gasteiger partial charge in [-0.15, -0.1) is 11.3 Å². The van der Waals surface area contributed by atoms with E-state index in [1.807, 2.05) is 62.4 Å². The molecule has 0 saturated heterocycles. The molecule has 160 valence electrons. The molecule has 1 aliphatic rings. The van der Waals surface area contributed by atoms with Crippen molar-refractivity contribution in [1.82, 2.24) is 0 Å². The molecule has 4 rings (SSSR count). The Morgan fingerprint density at radius 3 is 2.29 bits per heavy atom. The SMILES string of the molecule is COC(=O)c1c(NC(=O)C2CC2c2ccc(OC)cc2)sc(C)c1-c1ccc(C)cc1. The van der Waals surface area contributed by atoms with E-state index < -0.39 is 5.97 Å². The van der Waals surface area contributed by atoms with Crippen LogP contribution in [0.5, 0.6) is 5.75 Å². The number of anilines is 1. The average Bonchev–Trinajstić information content (AvgIpc) is 3.52. The third kappa shape index (κ3) is 4.21. The number of hydrogen-bond acceptors (Lipinski definition) is 5. The van der Waals surface area contributed by atoms with Crippen molar-refractivity contribution in [3.8, 4) is 16.9 Å². The first-order valence-corrected chi connectivity index (χ1v) is 11.0. The van der Waals surface area contributed by atoms with E-state index in [-0.39, 0.29) is 17.7 Å². The zero-order chi connectivity index (χ0) is 22.1. The van der Waals surface area contributed by atoms with Gasteiger partial charge in [-0.2, -0.15) is 0 Å². The van der Waals surface area contributed by atoms with Gasteiger partial charge in [-0.1, -0.05) is 42.0 Å². The predicted molar refractivity (Wildman–Crippen MR) is 123 cm³/mol. The van der Waals surface area contributed by atoms with Crippen molar-refractivity contribution in [1.29, 1.82) is 0 Å². The molecule has 3 aromatic rings. The van der Waals surface area contributed by atoms with Crippen LogP contribution in [-0.2, 0) is 9.53 Å². The van der Waals surface area contributed by atoms with E-state index in [2.05, 4.69) is 5.32 Å². The maximum atomic E-state index is 13.0. The molecule has 2 aromatic carbocycles. The lowest BCUT2D eigenvalue weighted by Gasteiger charge is -2.09. The first-order valence-electron chi connectivity index (χ1n) is 10.2. The van der Waals surface area contributed by atoms with Crippen LogP contribution >= 0.6 is 11.3 Å². The zero-order valence-corrected chi connectivity index (χ0v) is 18.8. The highest BCUT2D eigenvalue weighted by atomic mass is 32.1. The van der Waals surface area contributed by atoms with Crippen LogP contribution in [-0.4, -0.2) is 26.1 Å². The Labute approximate surface area is 186 Å². The molecular weight excluding hydrogens is 410 g/mol. The Morgan fingerprint density at radius 1 is 1.00 bits per heavy atom. The van der Waals surface area contributed by atoms with Crippen molar-refractivity contribution in [2.45, 2.75) is 26.2 Å². The number of thiophene rings is 1. The Balaban J connectivity index is 1.58. The fourth-order valence-electron chi connectivity index (χ4n) is 3.91. The lowest BCUT2D eigenvalue weighted by atomic mass is 10.0. The van der Waals surface area contributed by atoms with Crippen LogP contribution in [0, 0.1) is 19.8 Å². The van der Waals surface area contributed by atoms with Gasteiger partial charge in [0.2, 0.25) is 5.91 Å². The van der Waals surface area contributed by atoms with Crippen molar-refractivity contribution in [2.75, 3.05) is 19.5 Å². The second-order valence-corrected chi connectivity index (χ2v) is 9.03. The minimum absolute atomic E-state index is 0.0670. The molecule has 6 heteroatoms. The third-order valence-electron chi connectivity index (χ3n) is 5.72. The van der Waals surface area contributed by atoms with Crippen molar-refractivity contribution in [3.05, 3.63) is 70.1 Å². The van der Waals surface area contributed by atoms with Crippen LogP contribution in [0.1, 0.15) is 38.7 Å². The summed E-state index contributed by atoms with van der Waals surface area (Å²) in [5.41, 5.74) is 4.43. The summed E-state index contributed by atoms with van der Waals surface area (Å²) >= 11 is 1.41. The molecule has 1 fully saturated rings. The summed E-state index contributed by atoms with van der Waals surface area (Å²) in [5.74, 6) is 0.362. The fourth-order valence-corrected chi connectivity index (χ4v) is 4.97. The van der Waals surface area contributed by atoms with Gasteiger partial charge in [0.15, 0.2) is 0 Å². The first kappa shape index (κ1) is 21.1. The Morgan fingerprint density at radius 2 is 1.68 bits per heavy atom. The van der Waals surface area contributed by atoms with Crippen LogP contribution in [0.3, 0.4) is 0 Å². The second-order valence-electron chi connectivity index (χ2n) is 7.81. The lowest BCUT2D eigenvalue weighted by Crippen LogP contribution is -2.16. The molecule has 31 heavy (non-hydrogen) atoms. The van der Waals surface area contributed by atoms with E-state index in [1.165, 1.54) is 18.4 Å². The van der Waals surface area contributed by atoms with E-state index >= 15 is 0 Å². The summed E-state index contributed by atoms with van der Waals surface area (Å²) in [5, 5.41) is 3.55. The van der Waals surface area contributed by atoms with Crippen molar-refractivity contribution < 1.29 is 19.1 Å². The Kier molecular flexibility index (Phi) is 5.83. The van der Waals surface area contributed by atoms with E-state index in [1.54, 1.807) is 7.11 Å². The highest BCUT2D eigenvalue weighted by molar-refractivity contribution is 7.17. The van der Waals surface area contributed by atoms with Gasteiger partial charge in [0, 0.05) is 16.4 Å². The molecule has 0 aliphatic heterocycles. The molecule has 0 bridgehead atoms. The van der Waals surface area contributed by atoms with Crippen LogP contribution < -0.4 is 10.1 Å². The number of esters is 1. The van der Waals surface area contributed by atoms with Gasteiger partial charge in [-0.25, -0.2) is 4.79 Å². The van der Waals surface area contributed by atoms with E-state index in [0.29, 0.717) is 10.6 Å². The summed E-state index contributed by atoms with van der Waals surface area (Å²) in [4.78, 5) is 26.6. The molecule has 5 nitrogen and oxygen atoms in total. The van der Waals surface area contributed by atoms with Crippen LogP contribution in [0.2, 0.25) is 0 Å². The zero-order valence-electron chi connectivity index (χ0n) is 18.0.